The van der Waals surface area contributed by atoms with Crippen LogP contribution < -0.4 is 16.0 Å². The second-order valence-corrected chi connectivity index (χ2v) is 6.34. The van der Waals surface area contributed by atoms with E-state index in [2.05, 4.69) is 52.8 Å². The van der Waals surface area contributed by atoms with Crippen molar-refractivity contribution in [3.63, 3.8) is 0 Å². The van der Waals surface area contributed by atoms with Crippen LogP contribution in [-0.4, -0.2) is 23.7 Å². The summed E-state index contributed by atoms with van der Waals surface area (Å²) in [5.74, 6) is 0.408. The Kier molecular flexibility index (Phi) is 11.5. The summed E-state index contributed by atoms with van der Waals surface area (Å²) in [6, 6.07) is 20.6. The van der Waals surface area contributed by atoms with E-state index in [0.29, 0.717) is 18.7 Å². The predicted molar refractivity (Wildman–Crippen MR) is 112 cm³/mol. The van der Waals surface area contributed by atoms with E-state index in [1.54, 1.807) is 0 Å². The molecule has 0 aromatic heterocycles. The van der Waals surface area contributed by atoms with Crippen molar-refractivity contribution in [2.45, 2.75) is 31.8 Å². The molecule has 4 nitrogen and oxygen atoms in total. The van der Waals surface area contributed by atoms with Crippen molar-refractivity contribution in [2.75, 3.05) is 13.1 Å². The van der Waals surface area contributed by atoms with E-state index in [1.807, 2.05) is 50.2 Å². The molecule has 0 saturated heterocycles. The van der Waals surface area contributed by atoms with Crippen LogP contribution in [0.1, 0.15) is 37.4 Å². The van der Waals surface area contributed by atoms with Gasteiger partial charge in [0.2, 0.25) is 0 Å². The molecule has 3 rings (SSSR count). The monoisotopic (exact) mass is 555 g/mol. The number of hydrogen-bond acceptors (Lipinski definition) is 5. The molecule has 0 saturated carbocycles. The van der Waals surface area contributed by atoms with E-state index in [-0.39, 0.29) is 32.6 Å². The Morgan fingerprint density at radius 3 is 1.96 bits per heavy atom. The Balaban J connectivity index is 0.00000118. The summed E-state index contributed by atoms with van der Waals surface area (Å²) in [5.41, 5.74) is 2.86. The Hall–Kier alpha value is -1.26. The molecule has 1 unspecified atom stereocenters. The van der Waals surface area contributed by atoms with Crippen molar-refractivity contribution in [3.05, 3.63) is 83.2 Å². The first-order valence-electron chi connectivity index (χ1n) is 9.16. The van der Waals surface area contributed by atoms with Gasteiger partial charge in [0, 0.05) is 40.6 Å². The molecule has 1 heterocycles. The topological polar surface area (TPSA) is 56.3 Å². The van der Waals surface area contributed by atoms with Crippen LogP contribution in [0.15, 0.2) is 72.1 Å². The third-order valence-corrected chi connectivity index (χ3v) is 4.37. The van der Waals surface area contributed by atoms with E-state index in [4.69, 9.17) is 0 Å². The molecule has 0 fully saturated rings. The molecule has 27 heavy (non-hydrogen) atoms. The smallest absolute Gasteiger partial charge is 0.123 e. The van der Waals surface area contributed by atoms with Gasteiger partial charge in [0.15, 0.2) is 0 Å². The van der Waals surface area contributed by atoms with Gasteiger partial charge < -0.3 is 15.7 Å². The molecule has 6 heteroatoms. The first kappa shape index (κ1) is 23.8. The van der Waals surface area contributed by atoms with Crippen LogP contribution in [0.5, 0.6) is 0 Å². The number of nitrogens with one attached hydrogen (secondary N) is 3. The molecule has 0 aliphatic carbocycles. The van der Waals surface area contributed by atoms with Gasteiger partial charge in [-0.2, -0.15) is 0 Å². The molecule has 2 aromatic rings. The van der Waals surface area contributed by atoms with Crippen LogP contribution in [0.4, 0.5) is 0 Å². The molecule has 1 aliphatic heterocycles. The minimum absolute atomic E-state index is 0. The van der Waals surface area contributed by atoms with Crippen LogP contribution in [0.3, 0.4) is 0 Å². The van der Waals surface area contributed by atoms with Crippen LogP contribution in [0, 0.1) is 0 Å². The number of rotatable bonds is 6. The zero-order chi connectivity index (χ0) is 18.8. The SMILES string of the molecule is CC.OC1=C(NC(S)NC(c2ccccc2)c2ccccc2)CNCC1.[W]. The van der Waals surface area contributed by atoms with Gasteiger partial charge in [-0.1, -0.05) is 74.5 Å². The molecule has 0 radical (unpaired) electrons. The largest absolute Gasteiger partial charge is 0.510 e. The van der Waals surface area contributed by atoms with Crippen LogP contribution in [-0.2, 0) is 21.1 Å². The van der Waals surface area contributed by atoms with Crippen LogP contribution >= 0.6 is 12.6 Å². The maximum atomic E-state index is 10.0. The van der Waals surface area contributed by atoms with E-state index < -0.39 is 0 Å². The fraction of sp³-hybridized carbons (Fsp3) is 0.333. The summed E-state index contributed by atoms with van der Waals surface area (Å²) < 4.78 is 0. The van der Waals surface area contributed by atoms with Crippen molar-refractivity contribution in [3.8, 4) is 0 Å². The third kappa shape index (κ3) is 7.34. The zero-order valence-corrected chi connectivity index (χ0v) is 19.7. The van der Waals surface area contributed by atoms with Crippen molar-refractivity contribution < 1.29 is 26.2 Å². The van der Waals surface area contributed by atoms with Gasteiger partial charge in [-0.05, 0) is 11.1 Å². The molecule has 0 amide bonds. The Bertz CT molecular complexity index is 643. The Morgan fingerprint density at radius 1 is 0.963 bits per heavy atom. The normalized spacial score (nSPS) is 14.7. The van der Waals surface area contributed by atoms with Gasteiger partial charge in [0.1, 0.15) is 11.3 Å². The molecule has 1 atom stereocenters. The second kappa shape index (κ2) is 13.0. The van der Waals surface area contributed by atoms with E-state index in [9.17, 15) is 5.11 Å². The maximum absolute atomic E-state index is 10.0. The average Bonchev–Trinajstić information content (AvgIpc) is 2.71. The molecule has 146 valence electrons. The van der Waals surface area contributed by atoms with Gasteiger partial charge in [0.05, 0.1) is 11.7 Å². The second-order valence-electron chi connectivity index (χ2n) is 5.82. The first-order chi connectivity index (χ1) is 12.7. The molecular formula is C21H29N3OSW. The van der Waals surface area contributed by atoms with Gasteiger partial charge >= 0.3 is 0 Å². The van der Waals surface area contributed by atoms with Gasteiger partial charge in [0.25, 0.3) is 0 Å². The predicted octanol–water partition coefficient (Wildman–Crippen LogP) is 3.96. The number of aliphatic hydroxyl groups is 1. The molecule has 0 bridgehead atoms. The molecular weight excluding hydrogens is 526 g/mol. The quantitative estimate of drug-likeness (QED) is 0.277. The number of thiol groups is 1. The Labute approximate surface area is 182 Å². The van der Waals surface area contributed by atoms with Gasteiger partial charge in [-0.25, -0.2) is 0 Å². The van der Waals surface area contributed by atoms with Gasteiger partial charge in [-0.15, -0.1) is 12.6 Å². The average molecular weight is 555 g/mol. The van der Waals surface area contributed by atoms with Crippen molar-refractivity contribution in [2.24, 2.45) is 0 Å². The van der Waals surface area contributed by atoms with E-state index in [0.717, 1.165) is 12.2 Å². The summed E-state index contributed by atoms with van der Waals surface area (Å²) in [5, 5.41) is 20.0. The van der Waals surface area contributed by atoms with Crippen LogP contribution in [0.2, 0.25) is 0 Å². The van der Waals surface area contributed by atoms with Crippen molar-refractivity contribution in [1.29, 1.82) is 0 Å². The fourth-order valence-corrected chi connectivity index (χ4v) is 3.15. The van der Waals surface area contributed by atoms with E-state index >= 15 is 0 Å². The third-order valence-electron chi connectivity index (χ3n) is 4.09. The zero-order valence-electron chi connectivity index (χ0n) is 15.9. The van der Waals surface area contributed by atoms with Crippen molar-refractivity contribution >= 4 is 12.6 Å². The minimum atomic E-state index is -0.285. The summed E-state index contributed by atoms with van der Waals surface area (Å²) in [7, 11) is 0. The summed E-state index contributed by atoms with van der Waals surface area (Å²) in [6.07, 6.45) is 0.642. The number of hydrogen-bond donors (Lipinski definition) is 5. The molecule has 1 aliphatic rings. The minimum Gasteiger partial charge on any atom is -0.510 e. The van der Waals surface area contributed by atoms with Crippen molar-refractivity contribution in [1.82, 2.24) is 16.0 Å². The maximum Gasteiger partial charge on any atom is 0.123 e. The standard InChI is InChI=1S/C19H23N3OS.C2H6.W/c23-17-11-12-20-13-16(17)21-19(24)22-18(14-7-3-1-4-8-14)15-9-5-2-6-10-15;1-2;/h1-10,18-24H,11-13H2;1-2H3;. The molecule has 0 spiro atoms. The summed E-state index contributed by atoms with van der Waals surface area (Å²) >= 11 is 4.63. The first-order valence-corrected chi connectivity index (χ1v) is 9.68. The fourth-order valence-electron chi connectivity index (χ4n) is 2.85. The van der Waals surface area contributed by atoms with E-state index in [1.165, 1.54) is 11.1 Å². The van der Waals surface area contributed by atoms with Crippen LogP contribution in [0.25, 0.3) is 0 Å². The molecule has 2 aromatic carbocycles. The van der Waals surface area contributed by atoms with Gasteiger partial charge in [-0.3, -0.25) is 5.32 Å². The number of benzene rings is 2. The Morgan fingerprint density at radius 2 is 1.48 bits per heavy atom. The number of aliphatic hydroxyl groups excluding tert-OH is 1. The summed E-state index contributed by atoms with van der Waals surface area (Å²) in [6.45, 7) is 5.43. The molecule has 4 N–H and O–H groups in total. The summed E-state index contributed by atoms with van der Waals surface area (Å²) in [4.78, 5) is 0.